The van der Waals surface area contributed by atoms with Crippen LogP contribution >= 0.6 is 21.6 Å². The summed E-state index contributed by atoms with van der Waals surface area (Å²) in [6.07, 6.45) is 6.85. The predicted octanol–water partition coefficient (Wildman–Crippen LogP) is 9.85. The first kappa shape index (κ1) is 59.7. The van der Waals surface area contributed by atoms with E-state index >= 15 is 0 Å². The molecule has 4 aliphatic heterocycles. The smallest absolute Gasteiger partial charge is 0.277 e. The quantitative estimate of drug-likeness (QED) is 0.0153. The Bertz CT molecular complexity index is 3260. The van der Waals surface area contributed by atoms with E-state index in [-0.39, 0.29) is 55.7 Å². The van der Waals surface area contributed by atoms with Crippen LogP contribution in [-0.2, 0) is 65.8 Å². The molecule has 1 unspecified atom stereocenters. The summed E-state index contributed by atoms with van der Waals surface area (Å²) < 4.78 is 68.1. The third kappa shape index (κ3) is 13.8. The molecule has 5 aromatic rings. The number of methoxy groups -OCH3 is 2. The largest absolute Gasteiger partial charge is 0.493 e. The molecule has 16 nitrogen and oxygen atoms in total. The summed E-state index contributed by atoms with van der Waals surface area (Å²) in [7, 11) is 5.30. The van der Waals surface area contributed by atoms with Gasteiger partial charge < -0.3 is 47.7 Å². The van der Waals surface area contributed by atoms with Crippen LogP contribution < -0.4 is 28.9 Å². The Balaban J connectivity index is 1.01. The summed E-state index contributed by atoms with van der Waals surface area (Å²) in [6.45, 7) is 11.5. The van der Waals surface area contributed by atoms with Gasteiger partial charge in [-0.1, -0.05) is 64.9 Å². The Morgan fingerprint density at radius 1 is 0.790 bits per heavy atom. The molecule has 0 fully saturated rings. The van der Waals surface area contributed by atoms with Crippen LogP contribution in [0, 0.1) is 6.92 Å². The van der Waals surface area contributed by atoms with Gasteiger partial charge in [0.2, 0.25) is 5.91 Å². The number of fused-ring (bicyclic) bond motifs is 8. The molecule has 0 aliphatic carbocycles. The van der Waals surface area contributed by atoms with Crippen LogP contribution in [0.1, 0.15) is 94.1 Å². The predicted molar refractivity (Wildman–Crippen MR) is 319 cm³/mol. The highest BCUT2D eigenvalue weighted by Gasteiger charge is 2.39. The first-order chi connectivity index (χ1) is 39.0. The van der Waals surface area contributed by atoms with Crippen LogP contribution in [0.4, 0.5) is 22.7 Å². The van der Waals surface area contributed by atoms with Gasteiger partial charge in [-0.15, -0.1) is 0 Å². The molecule has 0 radical (unpaired) electrons. The number of para-hydroxylation sites is 2. The number of ketones is 1. The Morgan fingerprint density at radius 3 is 2.14 bits per heavy atom. The summed E-state index contributed by atoms with van der Waals surface area (Å²) in [4.78, 5) is 47.5. The number of benzene rings is 5. The summed E-state index contributed by atoms with van der Waals surface area (Å²) in [5.41, 5.74) is 10.4. The average molecular weight is 1160 g/mol. The average Bonchev–Trinajstić information content (AvgIpc) is 4.21. The van der Waals surface area contributed by atoms with Crippen LogP contribution in [0.15, 0.2) is 91.0 Å². The van der Waals surface area contributed by atoms with E-state index in [1.54, 1.807) is 38.0 Å². The third-order valence-corrected chi connectivity index (χ3v) is 20.2. The fourth-order valence-electron chi connectivity index (χ4n) is 11.1. The van der Waals surface area contributed by atoms with Crippen molar-refractivity contribution < 1.29 is 60.0 Å². The molecule has 0 aromatic heterocycles. The zero-order valence-electron chi connectivity index (χ0n) is 47.6. The monoisotopic (exact) mass is 1160 g/mol. The topological polar surface area (TPSA) is 163 Å². The van der Waals surface area contributed by atoms with Crippen LogP contribution in [0.5, 0.6) is 17.2 Å². The van der Waals surface area contributed by atoms with Gasteiger partial charge >= 0.3 is 0 Å². The van der Waals surface area contributed by atoms with Crippen molar-refractivity contribution in [1.29, 1.82) is 0 Å². The number of rotatable bonds is 28. The van der Waals surface area contributed by atoms with E-state index in [1.807, 2.05) is 82.9 Å². The number of carbonyl (C=O) groups excluding carboxylic acids is 3. The highest BCUT2D eigenvalue weighted by molar-refractivity contribution is 8.77. The van der Waals surface area contributed by atoms with Crippen molar-refractivity contribution >= 4 is 78.3 Å². The van der Waals surface area contributed by atoms with Crippen molar-refractivity contribution in [2.24, 2.45) is 0 Å². The van der Waals surface area contributed by atoms with Crippen molar-refractivity contribution in [3.05, 3.63) is 136 Å². The Hall–Kier alpha value is -5.93. The minimum Gasteiger partial charge on any atom is -0.493 e. The lowest BCUT2D eigenvalue weighted by molar-refractivity contribution is -0.401. The number of Topliss-reactive ketones (excluding diaryl/α,β-unsaturated/α-hetero) is 1. The van der Waals surface area contributed by atoms with Gasteiger partial charge in [0, 0.05) is 83.6 Å². The number of carbonyl (C=O) groups is 3. The molecule has 81 heavy (non-hydrogen) atoms. The molecule has 2 amide bonds. The molecule has 9 rings (SSSR count). The second-order valence-electron chi connectivity index (χ2n) is 21.4. The maximum atomic E-state index is 14.4. The fourth-order valence-corrected chi connectivity index (χ4v) is 15.0. The van der Waals surface area contributed by atoms with E-state index in [0.717, 1.165) is 71.3 Å². The number of hydrogen-bond acceptors (Lipinski definition) is 15. The maximum Gasteiger partial charge on any atom is 0.277 e. The zero-order valence-corrected chi connectivity index (χ0v) is 50.1. The number of aryl methyl sites for hydroxylation is 2. The molecule has 4 aliphatic rings. The highest BCUT2D eigenvalue weighted by Crippen LogP contribution is 2.43. The van der Waals surface area contributed by atoms with Gasteiger partial charge in [0.1, 0.15) is 37.0 Å². The van der Waals surface area contributed by atoms with Crippen LogP contribution in [0.2, 0.25) is 0 Å². The zero-order chi connectivity index (χ0) is 57.4. The van der Waals surface area contributed by atoms with Gasteiger partial charge in [-0.25, -0.2) is 0 Å². The third-order valence-electron chi connectivity index (χ3n) is 15.2. The molecule has 0 spiro atoms. The van der Waals surface area contributed by atoms with Crippen LogP contribution in [0.25, 0.3) is 0 Å². The number of nitrogens with zero attached hydrogens (tertiary/aromatic N) is 4. The highest BCUT2D eigenvalue weighted by atomic mass is 33.1. The van der Waals surface area contributed by atoms with E-state index in [1.165, 1.54) is 16.4 Å². The molecule has 19 heteroatoms. The molecule has 5 aromatic carbocycles. The molecule has 0 saturated heterocycles. The Morgan fingerprint density at radius 2 is 1.44 bits per heavy atom. The van der Waals surface area contributed by atoms with Crippen LogP contribution in [0.3, 0.4) is 0 Å². The minimum absolute atomic E-state index is 0.0215. The standard InChI is InChI=1S/C62H74N4O12S3/c1-9-55(67)59(81(70,71)74-8)20-27-79-80-62(3,4)40-64(21-22-75-25-26-76-24-23-72-6)48-30-42(38-77-56-34-44-18-19-47-32-45-14-10-12-16-52(45)65(47)60(68)50(44)28-41(56)2)29-43(31-48)39-78-58-36-54-51(35-57(58)73-7)61(69)66-49(37-63(54)5)33-46-15-11-13-17-53(46)66/h10-17,28-31,34-36,47,49,59H,9,18-27,32-33,38-40H2,1-8H3/t47-,49+,59?/m1/s1. The fraction of sp³-hybridized carbons (Fsp3) is 0.452. The van der Waals surface area contributed by atoms with Crippen molar-refractivity contribution in [3.63, 3.8) is 0 Å². The van der Waals surface area contributed by atoms with Crippen molar-refractivity contribution in [2.45, 2.75) is 102 Å². The summed E-state index contributed by atoms with van der Waals surface area (Å²) in [5, 5.41) is -1.23. The van der Waals surface area contributed by atoms with E-state index in [0.29, 0.717) is 92.4 Å². The number of amides is 2. The second kappa shape index (κ2) is 26.5. The molecule has 432 valence electrons. The van der Waals surface area contributed by atoms with Gasteiger partial charge in [-0.2, -0.15) is 8.42 Å². The maximum absolute atomic E-state index is 14.4. The van der Waals surface area contributed by atoms with Gasteiger partial charge in [0.25, 0.3) is 16.0 Å². The molecule has 0 bridgehead atoms. The normalized spacial score (nSPS) is 16.8. The van der Waals surface area contributed by atoms with Gasteiger partial charge in [-0.3, -0.25) is 18.6 Å². The van der Waals surface area contributed by atoms with E-state index in [9.17, 15) is 22.8 Å². The molecule has 0 saturated carbocycles. The molecular formula is C62H74N4O12S3. The molecule has 3 atom stereocenters. The van der Waals surface area contributed by atoms with E-state index < -0.39 is 20.1 Å². The first-order valence-electron chi connectivity index (χ1n) is 27.6. The summed E-state index contributed by atoms with van der Waals surface area (Å²) >= 11 is 0. The Labute approximate surface area is 484 Å². The molecular weight excluding hydrogens is 1090 g/mol. The second-order valence-corrected chi connectivity index (χ2v) is 26.4. The lowest BCUT2D eigenvalue weighted by Gasteiger charge is -2.34. The van der Waals surface area contributed by atoms with Crippen molar-refractivity contribution in [3.8, 4) is 17.2 Å². The number of hydrogen-bond donors (Lipinski definition) is 0. The van der Waals surface area contributed by atoms with E-state index in [2.05, 4.69) is 55.3 Å². The van der Waals surface area contributed by atoms with Gasteiger partial charge in [-0.05, 0) is 141 Å². The molecule has 4 heterocycles. The number of anilines is 3. The number of ether oxygens (including phenoxy) is 6. The van der Waals surface area contributed by atoms with Gasteiger partial charge in [0.05, 0.1) is 52.9 Å². The van der Waals surface area contributed by atoms with Gasteiger partial charge in [0.15, 0.2) is 11.5 Å². The summed E-state index contributed by atoms with van der Waals surface area (Å²) in [6, 6.07) is 29.9. The van der Waals surface area contributed by atoms with E-state index in [4.69, 9.17) is 32.6 Å². The Kier molecular flexibility index (Phi) is 19.6. The minimum atomic E-state index is -4.04. The lowest BCUT2D eigenvalue weighted by atomic mass is 9.98. The lowest BCUT2D eigenvalue weighted by Crippen LogP contribution is -2.38. The molecule has 0 N–H and O–H groups in total. The SMILES string of the molecule is CCC(=O)C(CCSSC(C)(C)CN(CCOCCOCCOC)c1cc(COc2cc3c(cc2C)C(=O)N2c4ccccc4C[C@H]2CC3)cc(COc2cc3c(cc2OC)C(=O)N2c4ccccc4C[C@H]2[C-]=[N+]3C)c1)S(=O)(=O)OC. The van der Waals surface area contributed by atoms with Crippen molar-refractivity contribution in [1.82, 2.24) is 0 Å². The summed E-state index contributed by atoms with van der Waals surface area (Å²) in [5.74, 6) is 1.49. The first-order valence-corrected chi connectivity index (χ1v) is 31.4. The van der Waals surface area contributed by atoms with Crippen LogP contribution in [-0.4, -0.2) is 139 Å². The van der Waals surface area contributed by atoms with Crippen molar-refractivity contribution in [2.75, 3.05) is 95.0 Å².